The first kappa shape index (κ1) is 17.5. The molecule has 0 bridgehead atoms. The van der Waals surface area contributed by atoms with Crippen LogP contribution in [0.2, 0.25) is 0 Å². The molecule has 0 unspecified atom stereocenters. The van der Waals surface area contributed by atoms with Gasteiger partial charge in [0.25, 0.3) is 5.56 Å². The molecule has 3 aromatic heterocycles. The maximum absolute atomic E-state index is 12.5. The highest BCUT2D eigenvalue weighted by Gasteiger charge is 2.29. The first-order valence-electron chi connectivity index (χ1n) is 9.35. The minimum absolute atomic E-state index is 0.0943. The molecule has 142 valence electrons. The van der Waals surface area contributed by atoms with E-state index in [1.165, 1.54) is 4.52 Å². The van der Waals surface area contributed by atoms with Crippen LogP contribution >= 0.6 is 0 Å². The van der Waals surface area contributed by atoms with Gasteiger partial charge in [0.05, 0.1) is 11.9 Å². The van der Waals surface area contributed by atoms with Crippen molar-refractivity contribution < 1.29 is 9.32 Å². The first-order chi connectivity index (χ1) is 13.1. The Morgan fingerprint density at radius 1 is 1.44 bits per heavy atom. The summed E-state index contributed by atoms with van der Waals surface area (Å²) in [5.74, 6) is 0.907. The average Bonchev–Trinajstić information content (AvgIpc) is 3.39. The second-order valence-electron chi connectivity index (χ2n) is 7.05. The molecule has 1 atom stereocenters. The van der Waals surface area contributed by atoms with Gasteiger partial charge in [0.2, 0.25) is 5.91 Å². The summed E-state index contributed by atoms with van der Waals surface area (Å²) in [6.45, 7) is 5.30. The number of H-pyrrole nitrogens is 1. The number of amides is 1. The van der Waals surface area contributed by atoms with Crippen molar-refractivity contribution in [3.8, 4) is 0 Å². The van der Waals surface area contributed by atoms with Gasteiger partial charge in [-0.1, -0.05) is 12.1 Å². The zero-order chi connectivity index (χ0) is 19.0. The van der Waals surface area contributed by atoms with Crippen molar-refractivity contribution in [3.63, 3.8) is 0 Å². The fourth-order valence-corrected chi connectivity index (χ4v) is 3.83. The molecule has 1 saturated heterocycles. The van der Waals surface area contributed by atoms with Crippen LogP contribution in [0.1, 0.15) is 48.4 Å². The Bertz CT molecular complexity index is 1020. The fourth-order valence-electron chi connectivity index (χ4n) is 3.83. The first-order valence-corrected chi connectivity index (χ1v) is 9.35. The number of carbonyl (C=O) groups excluding carboxylic acids is 1. The fraction of sp³-hybridized carbons (Fsp3) is 0.474. The molecule has 1 aliphatic heterocycles. The summed E-state index contributed by atoms with van der Waals surface area (Å²) in [5.41, 5.74) is 3.40. The van der Waals surface area contributed by atoms with Gasteiger partial charge in [0.15, 0.2) is 5.65 Å². The molecule has 1 N–H and O–H groups in total. The second-order valence-corrected chi connectivity index (χ2v) is 7.05. The minimum Gasteiger partial charge on any atom is -0.361 e. The number of aryl methyl sites for hydroxylation is 3. The standard InChI is InChI=1S/C19H23N5O3/c1-3-15-12(2)22-24-18(26)10-16(21-19(15)24)13-7-9-23(11-13)17(25)5-4-14-6-8-20-27-14/h6,8,10,13,22H,3-5,7,9,11H2,1-2H3/t13-/m1/s1. The molecule has 3 aromatic rings. The van der Waals surface area contributed by atoms with Gasteiger partial charge < -0.3 is 9.42 Å². The highest BCUT2D eigenvalue weighted by Crippen LogP contribution is 2.27. The van der Waals surface area contributed by atoms with Crippen LogP contribution in [0.15, 0.2) is 27.6 Å². The van der Waals surface area contributed by atoms with Gasteiger partial charge >= 0.3 is 0 Å². The van der Waals surface area contributed by atoms with Crippen LogP contribution in [0.5, 0.6) is 0 Å². The molecule has 0 aromatic carbocycles. The van der Waals surface area contributed by atoms with Crippen molar-refractivity contribution in [2.45, 2.75) is 45.4 Å². The van der Waals surface area contributed by atoms with Gasteiger partial charge in [-0.2, -0.15) is 0 Å². The number of hydrogen-bond donors (Lipinski definition) is 1. The van der Waals surface area contributed by atoms with Gasteiger partial charge in [-0.15, -0.1) is 0 Å². The largest absolute Gasteiger partial charge is 0.361 e. The van der Waals surface area contributed by atoms with Crippen LogP contribution in [-0.2, 0) is 17.6 Å². The Hall–Kier alpha value is -2.90. The molecule has 0 spiro atoms. The normalized spacial score (nSPS) is 17.1. The molecule has 4 rings (SSSR count). The third-order valence-electron chi connectivity index (χ3n) is 5.33. The second kappa shape index (κ2) is 7.02. The molecule has 4 heterocycles. The Morgan fingerprint density at radius 3 is 3.04 bits per heavy atom. The number of fused-ring (bicyclic) bond motifs is 1. The summed E-state index contributed by atoms with van der Waals surface area (Å²) in [5, 5.41) is 6.74. The van der Waals surface area contributed by atoms with E-state index in [0.717, 1.165) is 29.8 Å². The van der Waals surface area contributed by atoms with Gasteiger partial charge in [-0.05, 0) is 19.8 Å². The van der Waals surface area contributed by atoms with Crippen molar-refractivity contribution in [2.24, 2.45) is 0 Å². The maximum Gasteiger partial charge on any atom is 0.272 e. The smallest absolute Gasteiger partial charge is 0.272 e. The van der Waals surface area contributed by atoms with Crippen molar-refractivity contribution in [3.05, 3.63) is 51.4 Å². The summed E-state index contributed by atoms with van der Waals surface area (Å²) in [7, 11) is 0. The molecular weight excluding hydrogens is 346 g/mol. The van der Waals surface area contributed by atoms with Crippen LogP contribution in [0.4, 0.5) is 0 Å². The molecule has 1 amide bonds. The van der Waals surface area contributed by atoms with Gasteiger partial charge in [-0.3, -0.25) is 14.7 Å². The minimum atomic E-state index is -0.104. The summed E-state index contributed by atoms with van der Waals surface area (Å²) in [4.78, 5) is 31.6. The number of likely N-dealkylation sites (tertiary alicyclic amines) is 1. The Morgan fingerprint density at radius 2 is 2.30 bits per heavy atom. The number of aromatic nitrogens is 4. The topological polar surface area (TPSA) is 96.5 Å². The van der Waals surface area contributed by atoms with Crippen LogP contribution in [0.3, 0.4) is 0 Å². The maximum atomic E-state index is 12.5. The van der Waals surface area contributed by atoms with Crippen molar-refractivity contribution in [1.82, 2.24) is 24.7 Å². The van der Waals surface area contributed by atoms with Crippen LogP contribution in [0.25, 0.3) is 5.65 Å². The van der Waals surface area contributed by atoms with E-state index in [0.29, 0.717) is 37.3 Å². The molecule has 8 nitrogen and oxygen atoms in total. The van der Waals surface area contributed by atoms with Crippen LogP contribution < -0.4 is 5.56 Å². The van der Waals surface area contributed by atoms with Gasteiger partial charge in [0, 0.05) is 55.2 Å². The molecule has 1 fully saturated rings. The summed E-state index contributed by atoms with van der Waals surface area (Å²) in [6, 6.07) is 3.37. The lowest BCUT2D eigenvalue weighted by Gasteiger charge is -2.16. The average molecular weight is 369 g/mol. The third-order valence-corrected chi connectivity index (χ3v) is 5.33. The number of rotatable bonds is 5. The van der Waals surface area contributed by atoms with E-state index in [4.69, 9.17) is 9.51 Å². The number of hydrogen-bond acceptors (Lipinski definition) is 5. The van der Waals surface area contributed by atoms with Crippen molar-refractivity contribution in [1.29, 1.82) is 0 Å². The molecular formula is C19H23N5O3. The van der Waals surface area contributed by atoms with Gasteiger partial charge in [0.1, 0.15) is 5.76 Å². The van der Waals surface area contributed by atoms with Crippen LogP contribution in [0, 0.1) is 6.92 Å². The highest BCUT2D eigenvalue weighted by atomic mass is 16.5. The lowest BCUT2D eigenvalue weighted by molar-refractivity contribution is -0.130. The quantitative estimate of drug-likeness (QED) is 0.740. The Labute approximate surface area is 156 Å². The van der Waals surface area contributed by atoms with Crippen molar-refractivity contribution in [2.75, 3.05) is 13.1 Å². The predicted octanol–water partition coefficient (Wildman–Crippen LogP) is 1.83. The van der Waals surface area contributed by atoms with Crippen LogP contribution in [-0.4, -0.2) is 43.7 Å². The summed E-state index contributed by atoms with van der Waals surface area (Å²) >= 11 is 0. The van der Waals surface area contributed by atoms with E-state index in [1.54, 1.807) is 18.3 Å². The molecule has 0 radical (unpaired) electrons. The Balaban J connectivity index is 1.50. The molecule has 1 aliphatic rings. The summed E-state index contributed by atoms with van der Waals surface area (Å²) < 4.78 is 6.55. The number of nitrogens with zero attached hydrogens (tertiary/aromatic N) is 4. The summed E-state index contributed by atoms with van der Waals surface area (Å²) in [6.07, 6.45) is 4.16. The Kier molecular flexibility index (Phi) is 4.55. The zero-order valence-corrected chi connectivity index (χ0v) is 15.6. The van der Waals surface area contributed by atoms with E-state index in [1.807, 2.05) is 11.8 Å². The predicted molar refractivity (Wildman–Crippen MR) is 98.7 cm³/mol. The molecule has 0 aliphatic carbocycles. The third kappa shape index (κ3) is 3.27. The number of nitrogens with one attached hydrogen (secondary N) is 1. The molecule has 0 saturated carbocycles. The lowest BCUT2D eigenvalue weighted by atomic mass is 10.0. The van der Waals surface area contributed by atoms with E-state index in [9.17, 15) is 9.59 Å². The monoisotopic (exact) mass is 369 g/mol. The van der Waals surface area contributed by atoms with E-state index in [2.05, 4.69) is 17.2 Å². The zero-order valence-electron chi connectivity index (χ0n) is 15.6. The SMILES string of the molecule is CCc1c(C)[nH]n2c(=O)cc([C@@H]3CCN(C(=O)CCc4ccno4)C3)nc12. The molecule has 8 heteroatoms. The van der Waals surface area contributed by atoms with Crippen molar-refractivity contribution >= 4 is 11.6 Å². The number of carbonyl (C=O) groups is 1. The number of aromatic amines is 1. The lowest BCUT2D eigenvalue weighted by Crippen LogP contribution is -2.29. The van der Waals surface area contributed by atoms with E-state index < -0.39 is 0 Å². The van der Waals surface area contributed by atoms with E-state index in [-0.39, 0.29) is 17.4 Å². The van der Waals surface area contributed by atoms with E-state index >= 15 is 0 Å². The van der Waals surface area contributed by atoms with Gasteiger partial charge in [-0.25, -0.2) is 9.50 Å². The highest BCUT2D eigenvalue weighted by molar-refractivity contribution is 5.76. The molecule has 27 heavy (non-hydrogen) atoms.